The Labute approximate surface area is 136 Å². The standard InChI is InChI=1S/C15H14N8O/c24-14(11-3-4-12-13(6-11)21-22-20-12)16-5-1-2-10-7-17-15-18-9-19-23(15)8-10/h3-4,6-9H,1-2,5H2,(H,16,24)(H,20,21,22). The van der Waals surface area contributed by atoms with Crippen LogP contribution in [0, 0.1) is 0 Å². The lowest BCUT2D eigenvalue weighted by Crippen LogP contribution is -2.24. The summed E-state index contributed by atoms with van der Waals surface area (Å²) in [5.74, 6) is 0.458. The van der Waals surface area contributed by atoms with Crippen molar-refractivity contribution in [2.45, 2.75) is 12.8 Å². The van der Waals surface area contributed by atoms with Gasteiger partial charge in [0.25, 0.3) is 11.7 Å². The predicted molar refractivity (Wildman–Crippen MR) is 85.3 cm³/mol. The summed E-state index contributed by atoms with van der Waals surface area (Å²) in [4.78, 5) is 20.4. The summed E-state index contributed by atoms with van der Waals surface area (Å²) in [6.07, 6.45) is 6.75. The summed E-state index contributed by atoms with van der Waals surface area (Å²) in [5.41, 5.74) is 3.03. The monoisotopic (exact) mass is 322 g/mol. The van der Waals surface area contributed by atoms with Crippen molar-refractivity contribution in [2.75, 3.05) is 6.54 Å². The molecule has 4 rings (SSSR count). The average molecular weight is 322 g/mol. The van der Waals surface area contributed by atoms with E-state index in [9.17, 15) is 4.79 Å². The zero-order valence-corrected chi connectivity index (χ0v) is 12.7. The number of carbonyl (C=O) groups is 1. The van der Waals surface area contributed by atoms with Crippen LogP contribution >= 0.6 is 0 Å². The molecule has 2 N–H and O–H groups in total. The molecule has 0 aliphatic heterocycles. The Morgan fingerprint density at radius 1 is 1.21 bits per heavy atom. The molecule has 120 valence electrons. The first-order valence-electron chi connectivity index (χ1n) is 7.52. The highest BCUT2D eigenvalue weighted by Crippen LogP contribution is 2.10. The molecule has 0 aliphatic rings. The van der Waals surface area contributed by atoms with Crippen molar-refractivity contribution in [1.29, 1.82) is 0 Å². The van der Waals surface area contributed by atoms with Gasteiger partial charge >= 0.3 is 0 Å². The molecule has 3 heterocycles. The summed E-state index contributed by atoms with van der Waals surface area (Å²) < 4.78 is 1.64. The molecule has 9 nitrogen and oxygen atoms in total. The third-order valence-electron chi connectivity index (χ3n) is 3.69. The van der Waals surface area contributed by atoms with Crippen LogP contribution < -0.4 is 5.32 Å². The van der Waals surface area contributed by atoms with E-state index in [1.807, 2.05) is 6.20 Å². The highest BCUT2D eigenvalue weighted by Gasteiger charge is 2.07. The van der Waals surface area contributed by atoms with Gasteiger partial charge in [-0.15, -0.1) is 0 Å². The zero-order valence-electron chi connectivity index (χ0n) is 12.7. The Morgan fingerprint density at radius 3 is 3.08 bits per heavy atom. The minimum atomic E-state index is -0.121. The van der Waals surface area contributed by atoms with Crippen molar-refractivity contribution in [1.82, 2.24) is 40.3 Å². The number of amides is 1. The largest absolute Gasteiger partial charge is 0.352 e. The van der Waals surface area contributed by atoms with Crippen LogP contribution in [-0.2, 0) is 6.42 Å². The van der Waals surface area contributed by atoms with Crippen LogP contribution in [0.2, 0.25) is 0 Å². The number of nitrogens with one attached hydrogen (secondary N) is 2. The first-order chi connectivity index (χ1) is 11.8. The molecule has 1 amide bonds. The van der Waals surface area contributed by atoms with Gasteiger partial charge in [-0.25, -0.2) is 9.50 Å². The summed E-state index contributed by atoms with van der Waals surface area (Å²) in [7, 11) is 0. The number of aryl methyl sites for hydroxylation is 1. The van der Waals surface area contributed by atoms with Crippen molar-refractivity contribution < 1.29 is 4.79 Å². The quantitative estimate of drug-likeness (QED) is 0.524. The van der Waals surface area contributed by atoms with Gasteiger partial charge in [-0.05, 0) is 36.6 Å². The van der Waals surface area contributed by atoms with E-state index in [-0.39, 0.29) is 5.91 Å². The van der Waals surface area contributed by atoms with Gasteiger partial charge in [-0.1, -0.05) is 0 Å². The highest BCUT2D eigenvalue weighted by atomic mass is 16.1. The van der Waals surface area contributed by atoms with E-state index < -0.39 is 0 Å². The van der Waals surface area contributed by atoms with E-state index in [4.69, 9.17) is 0 Å². The first kappa shape index (κ1) is 14.2. The van der Waals surface area contributed by atoms with Crippen LogP contribution in [0.1, 0.15) is 22.3 Å². The maximum atomic E-state index is 12.2. The van der Waals surface area contributed by atoms with Gasteiger partial charge in [0.05, 0.1) is 0 Å². The van der Waals surface area contributed by atoms with Gasteiger partial charge in [0, 0.05) is 24.5 Å². The minimum absolute atomic E-state index is 0.121. The van der Waals surface area contributed by atoms with E-state index in [1.54, 1.807) is 28.9 Å². The third kappa shape index (κ3) is 2.78. The molecule has 0 unspecified atom stereocenters. The summed E-state index contributed by atoms with van der Waals surface area (Å²) >= 11 is 0. The van der Waals surface area contributed by atoms with Crippen molar-refractivity contribution in [3.8, 4) is 0 Å². The summed E-state index contributed by atoms with van der Waals surface area (Å²) in [5, 5.41) is 17.4. The molecule has 0 atom stereocenters. The third-order valence-corrected chi connectivity index (χ3v) is 3.69. The van der Waals surface area contributed by atoms with Crippen molar-refractivity contribution in [3.05, 3.63) is 48.0 Å². The van der Waals surface area contributed by atoms with Crippen LogP contribution in [0.3, 0.4) is 0 Å². The molecule has 9 heteroatoms. The number of rotatable bonds is 5. The zero-order chi connectivity index (χ0) is 16.4. The van der Waals surface area contributed by atoms with Crippen LogP contribution in [0.4, 0.5) is 0 Å². The van der Waals surface area contributed by atoms with Crippen LogP contribution in [0.5, 0.6) is 0 Å². The number of aromatic nitrogens is 7. The van der Waals surface area contributed by atoms with Gasteiger partial charge in [-0.2, -0.15) is 25.5 Å². The smallest absolute Gasteiger partial charge is 0.252 e. The van der Waals surface area contributed by atoms with Crippen molar-refractivity contribution in [2.24, 2.45) is 0 Å². The average Bonchev–Trinajstić information content (AvgIpc) is 3.25. The normalized spacial score (nSPS) is 11.2. The molecule has 0 radical (unpaired) electrons. The molecule has 0 fully saturated rings. The van der Waals surface area contributed by atoms with Gasteiger partial charge in [-0.3, -0.25) is 4.79 Å². The SMILES string of the molecule is O=C(NCCCc1cnc2ncnn2c1)c1ccc2n[nH]nc2c1. The number of fused-ring (bicyclic) bond motifs is 2. The molecule has 3 aromatic heterocycles. The molecule has 0 bridgehead atoms. The van der Waals surface area contributed by atoms with Gasteiger partial charge < -0.3 is 5.32 Å². The number of aromatic amines is 1. The molecule has 24 heavy (non-hydrogen) atoms. The fourth-order valence-electron chi connectivity index (χ4n) is 2.47. The van der Waals surface area contributed by atoms with Crippen molar-refractivity contribution >= 4 is 22.7 Å². The lowest BCUT2D eigenvalue weighted by Gasteiger charge is -2.05. The molecule has 4 aromatic rings. The van der Waals surface area contributed by atoms with Crippen LogP contribution in [-0.4, -0.2) is 47.4 Å². The topological polar surface area (TPSA) is 114 Å². The van der Waals surface area contributed by atoms with E-state index in [0.717, 1.165) is 23.9 Å². The number of carbonyl (C=O) groups excluding carboxylic acids is 1. The van der Waals surface area contributed by atoms with E-state index in [2.05, 4.69) is 35.8 Å². The van der Waals surface area contributed by atoms with E-state index >= 15 is 0 Å². The highest BCUT2D eigenvalue weighted by molar-refractivity contribution is 5.97. The summed E-state index contributed by atoms with van der Waals surface area (Å²) in [6.45, 7) is 0.574. The Morgan fingerprint density at radius 2 is 2.12 bits per heavy atom. The summed E-state index contributed by atoms with van der Waals surface area (Å²) in [6, 6.07) is 5.23. The molecular weight excluding hydrogens is 308 g/mol. The van der Waals surface area contributed by atoms with Crippen LogP contribution in [0.25, 0.3) is 16.8 Å². The Hall–Kier alpha value is -3.36. The second-order valence-electron chi connectivity index (χ2n) is 5.35. The number of benzene rings is 1. The van der Waals surface area contributed by atoms with Crippen molar-refractivity contribution in [3.63, 3.8) is 0 Å². The Bertz CT molecular complexity index is 1000. The second-order valence-corrected chi connectivity index (χ2v) is 5.35. The van der Waals surface area contributed by atoms with Crippen LogP contribution in [0.15, 0.2) is 36.9 Å². The fourth-order valence-corrected chi connectivity index (χ4v) is 2.47. The number of H-pyrrole nitrogens is 1. The lowest BCUT2D eigenvalue weighted by molar-refractivity contribution is 0.0953. The molecular formula is C15H14N8O. The Balaban J connectivity index is 1.32. The number of hydrogen-bond donors (Lipinski definition) is 2. The van der Waals surface area contributed by atoms with E-state index in [1.165, 1.54) is 6.33 Å². The van der Waals surface area contributed by atoms with Gasteiger partial charge in [0.1, 0.15) is 17.4 Å². The van der Waals surface area contributed by atoms with Gasteiger partial charge in [0.2, 0.25) is 0 Å². The molecule has 0 spiro atoms. The maximum absolute atomic E-state index is 12.2. The second kappa shape index (κ2) is 6.03. The predicted octanol–water partition coefficient (Wildman–Crippen LogP) is 0.758. The molecule has 0 aliphatic carbocycles. The molecule has 0 saturated heterocycles. The fraction of sp³-hybridized carbons (Fsp3) is 0.200. The Kier molecular flexibility index (Phi) is 3.58. The van der Waals surface area contributed by atoms with E-state index in [0.29, 0.717) is 23.4 Å². The molecule has 0 saturated carbocycles. The maximum Gasteiger partial charge on any atom is 0.252 e. The minimum Gasteiger partial charge on any atom is -0.352 e. The first-order valence-corrected chi connectivity index (χ1v) is 7.52. The lowest BCUT2D eigenvalue weighted by atomic mass is 10.1. The van der Waals surface area contributed by atoms with Gasteiger partial charge in [0.15, 0.2) is 0 Å². The number of nitrogens with zero attached hydrogens (tertiary/aromatic N) is 6. The molecule has 1 aromatic carbocycles. The number of hydrogen-bond acceptors (Lipinski definition) is 6.